The summed E-state index contributed by atoms with van der Waals surface area (Å²) in [5.74, 6) is 0.830. The monoisotopic (exact) mass is 364 g/mol. The Kier molecular flexibility index (Phi) is 5.60. The number of nitrogen functional groups attached to an aromatic ring is 1. The normalized spacial score (nSPS) is 13.9. The van der Waals surface area contributed by atoms with E-state index in [1.807, 2.05) is 25.3 Å². The molecule has 1 saturated heterocycles. The highest BCUT2D eigenvalue weighted by molar-refractivity contribution is 7.98. The molecule has 0 saturated carbocycles. The number of aryl methyl sites for hydroxylation is 1. The Labute approximate surface area is 157 Å². The zero-order chi connectivity index (χ0) is 18.5. The first kappa shape index (κ1) is 18.0. The number of hydrogen-bond acceptors (Lipinski definition) is 7. The Balaban J connectivity index is 1.97. The Morgan fingerprint density at radius 1 is 1.15 bits per heavy atom. The Bertz CT molecular complexity index is 873. The highest BCUT2D eigenvalue weighted by Gasteiger charge is 2.24. The first-order valence-electron chi connectivity index (χ1n) is 8.57. The van der Waals surface area contributed by atoms with Crippen LogP contribution < -0.4 is 10.6 Å². The van der Waals surface area contributed by atoms with E-state index >= 15 is 0 Å². The van der Waals surface area contributed by atoms with Gasteiger partial charge in [-0.3, -0.25) is 4.98 Å². The lowest BCUT2D eigenvalue weighted by molar-refractivity contribution is 0.576. The molecule has 2 aromatic rings. The molecule has 1 aliphatic rings. The van der Waals surface area contributed by atoms with Gasteiger partial charge in [-0.25, -0.2) is 4.98 Å². The van der Waals surface area contributed by atoms with E-state index in [1.54, 1.807) is 0 Å². The van der Waals surface area contributed by atoms with Crippen molar-refractivity contribution in [3.8, 4) is 12.1 Å². The number of nitrogens with two attached hydrogens (primary N) is 1. The van der Waals surface area contributed by atoms with Crippen molar-refractivity contribution < 1.29 is 0 Å². The third-order valence-corrected chi connectivity index (χ3v) is 5.46. The van der Waals surface area contributed by atoms with Gasteiger partial charge in [0.2, 0.25) is 0 Å². The minimum absolute atomic E-state index is 0.191. The zero-order valence-electron chi connectivity index (χ0n) is 14.7. The van der Waals surface area contributed by atoms with Gasteiger partial charge in [-0.15, -0.1) is 11.8 Å². The summed E-state index contributed by atoms with van der Waals surface area (Å²) >= 11 is 1.45. The van der Waals surface area contributed by atoms with E-state index in [9.17, 15) is 10.5 Å². The topological polar surface area (TPSA) is 103 Å². The average molecular weight is 364 g/mol. The van der Waals surface area contributed by atoms with Crippen molar-refractivity contribution in [2.24, 2.45) is 0 Å². The van der Waals surface area contributed by atoms with E-state index in [0.717, 1.165) is 37.2 Å². The molecule has 0 amide bonds. The van der Waals surface area contributed by atoms with E-state index < -0.39 is 0 Å². The maximum absolute atomic E-state index is 9.78. The maximum atomic E-state index is 9.78. The molecule has 0 bridgehead atoms. The number of thioether (sulfide) groups is 1. The van der Waals surface area contributed by atoms with Crippen LogP contribution in [0, 0.1) is 29.6 Å². The van der Waals surface area contributed by atoms with Crippen LogP contribution in [-0.4, -0.2) is 23.1 Å². The highest BCUT2D eigenvalue weighted by Crippen LogP contribution is 2.37. The van der Waals surface area contributed by atoms with Crippen LogP contribution in [0.25, 0.3) is 0 Å². The van der Waals surface area contributed by atoms with Crippen LogP contribution >= 0.6 is 11.8 Å². The van der Waals surface area contributed by atoms with Gasteiger partial charge in [0.05, 0.1) is 5.69 Å². The summed E-state index contributed by atoms with van der Waals surface area (Å²) < 4.78 is 0. The molecule has 7 heteroatoms. The second-order valence-electron chi connectivity index (χ2n) is 6.27. The van der Waals surface area contributed by atoms with Gasteiger partial charge in [0.1, 0.15) is 34.1 Å². The molecule has 1 fully saturated rings. The van der Waals surface area contributed by atoms with Crippen LogP contribution in [-0.2, 0) is 5.75 Å². The quantitative estimate of drug-likeness (QED) is 0.829. The van der Waals surface area contributed by atoms with Crippen molar-refractivity contribution in [1.82, 2.24) is 9.97 Å². The molecule has 2 aromatic heterocycles. The van der Waals surface area contributed by atoms with Crippen LogP contribution in [0.15, 0.2) is 23.4 Å². The number of rotatable bonds is 4. The molecule has 0 radical (unpaired) electrons. The van der Waals surface area contributed by atoms with Gasteiger partial charge in [0, 0.05) is 30.7 Å². The standard InChI is InChI=1S/C19H20N6S/c1-13-5-6-14(11-23-13)12-26-19-16(10-21)17(15(9-20)18(22)24-19)25-7-3-2-4-8-25/h5-6,11H,2-4,7-8,12H2,1H3,(H2,22,24). The van der Waals surface area contributed by atoms with Gasteiger partial charge < -0.3 is 10.6 Å². The predicted octanol–water partition coefficient (Wildman–Crippen LogP) is 3.39. The van der Waals surface area contributed by atoms with Gasteiger partial charge in [-0.2, -0.15) is 10.5 Å². The third kappa shape index (κ3) is 3.74. The third-order valence-electron chi connectivity index (χ3n) is 4.41. The number of nitriles is 2. The van der Waals surface area contributed by atoms with E-state index in [2.05, 4.69) is 27.0 Å². The highest BCUT2D eigenvalue weighted by atomic mass is 32.2. The first-order valence-corrected chi connectivity index (χ1v) is 9.55. The molecular weight excluding hydrogens is 344 g/mol. The Hall–Kier alpha value is -2.77. The molecule has 2 N–H and O–H groups in total. The lowest BCUT2D eigenvalue weighted by Crippen LogP contribution is -2.31. The van der Waals surface area contributed by atoms with Gasteiger partial charge in [0.15, 0.2) is 0 Å². The number of nitrogens with zero attached hydrogens (tertiary/aromatic N) is 5. The molecule has 6 nitrogen and oxygen atoms in total. The number of hydrogen-bond donors (Lipinski definition) is 1. The molecule has 3 heterocycles. The zero-order valence-corrected chi connectivity index (χ0v) is 15.5. The number of anilines is 2. The molecule has 1 aliphatic heterocycles. The summed E-state index contributed by atoms with van der Waals surface area (Å²) in [6, 6.07) is 8.38. The molecule has 0 aliphatic carbocycles. The van der Waals surface area contributed by atoms with Crippen molar-refractivity contribution in [1.29, 1.82) is 10.5 Å². The first-order chi connectivity index (χ1) is 12.6. The summed E-state index contributed by atoms with van der Waals surface area (Å²) in [5, 5.41) is 19.9. The summed E-state index contributed by atoms with van der Waals surface area (Å²) in [6.45, 7) is 3.61. The van der Waals surface area contributed by atoms with Crippen LogP contribution in [0.5, 0.6) is 0 Å². The van der Waals surface area contributed by atoms with Gasteiger partial charge >= 0.3 is 0 Å². The predicted molar refractivity (Wildman–Crippen MR) is 103 cm³/mol. The summed E-state index contributed by atoms with van der Waals surface area (Å²) in [4.78, 5) is 10.8. The number of aromatic nitrogens is 2. The Morgan fingerprint density at radius 3 is 2.50 bits per heavy atom. The van der Waals surface area contributed by atoms with Crippen LogP contribution in [0.1, 0.15) is 41.6 Å². The summed E-state index contributed by atoms with van der Waals surface area (Å²) in [7, 11) is 0. The fraction of sp³-hybridized carbons (Fsp3) is 0.368. The number of pyridine rings is 2. The SMILES string of the molecule is Cc1ccc(CSc2nc(N)c(C#N)c(N3CCCCC3)c2C#N)cn1. The summed E-state index contributed by atoms with van der Waals surface area (Å²) in [5.41, 5.74) is 9.47. The van der Waals surface area contributed by atoms with E-state index in [-0.39, 0.29) is 5.82 Å². The van der Waals surface area contributed by atoms with E-state index in [1.165, 1.54) is 18.2 Å². The van der Waals surface area contributed by atoms with Crippen LogP contribution in [0.4, 0.5) is 11.5 Å². The lowest BCUT2D eigenvalue weighted by atomic mass is 10.1. The van der Waals surface area contributed by atoms with Gasteiger partial charge in [0.25, 0.3) is 0 Å². The van der Waals surface area contributed by atoms with Gasteiger partial charge in [-0.1, -0.05) is 6.07 Å². The fourth-order valence-corrected chi connectivity index (χ4v) is 3.98. The summed E-state index contributed by atoms with van der Waals surface area (Å²) in [6.07, 6.45) is 5.10. The van der Waals surface area contributed by atoms with Crippen LogP contribution in [0.2, 0.25) is 0 Å². The Morgan fingerprint density at radius 2 is 1.88 bits per heavy atom. The van der Waals surface area contributed by atoms with Crippen molar-refractivity contribution in [2.45, 2.75) is 37.0 Å². The van der Waals surface area contributed by atoms with E-state index in [4.69, 9.17) is 5.73 Å². The molecule has 3 rings (SSSR count). The molecule has 0 atom stereocenters. The van der Waals surface area contributed by atoms with Gasteiger partial charge in [-0.05, 0) is 37.8 Å². The second-order valence-corrected chi connectivity index (χ2v) is 7.23. The fourth-order valence-electron chi connectivity index (χ4n) is 3.05. The second kappa shape index (κ2) is 8.07. The minimum Gasteiger partial charge on any atom is -0.382 e. The van der Waals surface area contributed by atoms with Crippen molar-refractivity contribution in [2.75, 3.05) is 23.7 Å². The number of piperidine rings is 1. The van der Waals surface area contributed by atoms with Crippen molar-refractivity contribution >= 4 is 23.3 Å². The van der Waals surface area contributed by atoms with Crippen LogP contribution in [0.3, 0.4) is 0 Å². The molecule has 0 spiro atoms. The van der Waals surface area contributed by atoms with E-state index in [0.29, 0.717) is 27.6 Å². The van der Waals surface area contributed by atoms with Crippen molar-refractivity contribution in [3.05, 3.63) is 40.7 Å². The maximum Gasteiger partial charge on any atom is 0.144 e. The lowest BCUT2D eigenvalue weighted by Gasteiger charge is -2.30. The molecule has 0 aromatic carbocycles. The average Bonchev–Trinajstić information content (AvgIpc) is 2.67. The van der Waals surface area contributed by atoms with Crippen molar-refractivity contribution in [3.63, 3.8) is 0 Å². The largest absolute Gasteiger partial charge is 0.382 e. The molecular formula is C19H20N6S. The smallest absolute Gasteiger partial charge is 0.144 e. The molecule has 132 valence electrons. The molecule has 0 unspecified atom stereocenters. The molecule has 26 heavy (non-hydrogen) atoms. The minimum atomic E-state index is 0.191.